The van der Waals surface area contributed by atoms with Crippen molar-refractivity contribution in [3.63, 3.8) is 0 Å². The smallest absolute Gasteiger partial charge is 0.416 e. The van der Waals surface area contributed by atoms with Crippen LogP contribution in [0.5, 0.6) is 0 Å². The van der Waals surface area contributed by atoms with Crippen LogP contribution in [0.25, 0.3) is 0 Å². The van der Waals surface area contributed by atoms with Crippen LogP contribution >= 0.6 is 11.6 Å². The predicted octanol–water partition coefficient (Wildman–Crippen LogP) is 4.46. The molecule has 2 amide bonds. The van der Waals surface area contributed by atoms with Crippen LogP contribution in [0.15, 0.2) is 42.5 Å². The highest BCUT2D eigenvalue weighted by Crippen LogP contribution is 2.33. The number of amides is 2. The molecule has 0 saturated carbocycles. The molecule has 7 nitrogen and oxygen atoms in total. The molecule has 0 unspecified atom stereocenters. The monoisotopic (exact) mass is 470 g/mol. The maximum absolute atomic E-state index is 12.8. The molecular weight excluding hydrogens is 453 g/mol. The van der Waals surface area contributed by atoms with Gasteiger partial charge in [0.15, 0.2) is 12.4 Å². The molecule has 0 aliphatic heterocycles. The lowest BCUT2D eigenvalue weighted by Gasteiger charge is -2.12. The third-order valence-electron chi connectivity index (χ3n) is 4.04. The number of benzene rings is 2. The predicted molar refractivity (Wildman–Crippen MR) is 110 cm³/mol. The van der Waals surface area contributed by atoms with Gasteiger partial charge in [-0.3, -0.25) is 19.2 Å². The van der Waals surface area contributed by atoms with E-state index in [0.29, 0.717) is 17.3 Å². The zero-order valence-corrected chi connectivity index (χ0v) is 17.5. The summed E-state index contributed by atoms with van der Waals surface area (Å²) < 4.78 is 43.0. The molecule has 0 saturated heterocycles. The van der Waals surface area contributed by atoms with Crippen molar-refractivity contribution in [2.45, 2.75) is 25.9 Å². The minimum absolute atomic E-state index is 0.122. The maximum atomic E-state index is 12.8. The fourth-order valence-corrected chi connectivity index (χ4v) is 2.62. The van der Waals surface area contributed by atoms with E-state index in [-0.39, 0.29) is 29.3 Å². The molecule has 0 bridgehead atoms. The molecular formula is C21H18ClF3N2O5. The van der Waals surface area contributed by atoms with Gasteiger partial charge < -0.3 is 15.4 Å². The van der Waals surface area contributed by atoms with E-state index >= 15 is 0 Å². The van der Waals surface area contributed by atoms with Gasteiger partial charge in [0.25, 0.3) is 5.91 Å². The number of halogens is 4. The average Bonchev–Trinajstić information content (AvgIpc) is 2.71. The summed E-state index contributed by atoms with van der Waals surface area (Å²) in [6, 6.07) is 8.65. The summed E-state index contributed by atoms with van der Waals surface area (Å²) in [5, 5.41) is 4.54. The summed E-state index contributed by atoms with van der Waals surface area (Å²) in [4.78, 5) is 46.9. The molecule has 11 heteroatoms. The highest BCUT2D eigenvalue weighted by atomic mass is 35.5. The molecule has 32 heavy (non-hydrogen) atoms. The molecule has 0 fully saturated rings. The van der Waals surface area contributed by atoms with Crippen LogP contribution in [0.1, 0.15) is 35.7 Å². The molecule has 2 aromatic rings. The minimum Gasteiger partial charge on any atom is -0.456 e. The molecule has 2 N–H and O–H groups in total. The molecule has 0 aromatic heterocycles. The van der Waals surface area contributed by atoms with Crippen LogP contribution in [0, 0.1) is 0 Å². The van der Waals surface area contributed by atoms with E-state index in [0.717, 1.165) is 12.1 Å². The molecule has 2 aromatic carbocycles. The maximum Gasteiger partial charge on any atom is 0.416 e. The van der Waals surface area contributed by atoms with Crippen molar-refractivity contribution in [3.8, 4) is 0 Å². The Morgan fingerprint density at radius 2 is 1.69 bits per heavy atom. The Morgan fingerprint density at radius 1 is 0.969 bits per heavy atom. The zero-order valence-electron chi connectivity index (χ0n) is 16.7. The lowest BCUT2D eigenvalue weighted by molar-refractivity contribution is -0.147. The summed E-state index contributed by atoms with van der Waals surface area (Å²) in [6.07, 6.45) is -5.20. The lowest BCUT2D eigenvalue weighted by Crippen LogP contribution is -2.22. The number of esters is 1. The SMILES string of the molecule is CC(=O)c1cccc(NC(=O)CCC(=O)OCC(=O)Nc2cc(C(F)(F)F)ccc2Cl)c1. The van der Waals surface area contributed by atoms with E-state index < -0.39 is 36.1 Å². The number of nitrogens with one attached hydrogen (secondary N) is 2. The van der Waals surface area contributed by atoms with Gasteiger partial charge in [-0.25, -0.2) is 0 Å². The first-order valence-corrected chi connectivity index (χ1v) is 9.56. The first-order chi connectivity index (χ1) is 15.0. The van der Waals surface area contributed by atoms with E-state index in [1.54, 1.807) is 18.2 Å². The van der Waals surface area contributed by atoms with Gasteiger partial charge in [-0.2, -0.15) is 13.2 Å². The number of hydrogen-bond acceptors (Lipinski definition) is 5. The molecule has 0 atom stereocenters. The van der Waals surface area contributed by atoms with Crippen molar-refractivity contribution in [2.75, 3.05) is 17.2 Å². The third-order valence-corrected chi connectivity index (χ3v) is 4.37. The van der Waals surface area contributed by atoms with Crippen molar-refractivity contribution < 1.29 is 37.1 Å². The third kappa shape index (κ3) is 7.69. The Balaban J connectivity index is 1.79. The number of anilines is 2. The van der Waals surface area contributed by atoms with E-state index in [1.165, 1.54) is 13.0 Å². The summed E-state index contributed by atoms with van der Waals surface area (Å²) in [7, 11) is 0. The van der Waals surface area contributed by atoms with Crippen LogP contribution < -0.4 is 10.6 Å². The van der Waals surface area contributed by atoms with Gasteiger partial charge in [0.2, 0.25) is 5.91 Å². The van der Waals surface area contributed by atoms with Crippen molar-refractivity contribution in [1.29, 1.82) is 0 Å². The van der Waals surface area contributed by atoms with E-state index in [1.807, 2.05) is 0 Å². The van der Waals surface area contributed by atoms with Crippen LogP contribution in [0.3, 0.4) is 0 Å². The first-order valence-electron chi connectivity index (χ1n) is 9.19. The van der Waals surface area contributed by atoms with Gasteiger partial charge >= 0.3 is 12.1 Å². The second-order valence-electron chi connectivity index (χ2n) is 6.59. The highest BCUT2D eigenvalue weighted by molar-refractivity contribution is 6.33. The largest absolute Gasteiger partial charge is 0.456 e. The van der Waals surface area contributed by atoms with E-state index in [2.05, 4.69) is 10.6 Å². The number of alkyl halides is 3. The molecule has 0 radical (unpaired) electrons. The number of ether oxygens (including phenoxy) is 1. The second kappa shape index (κ2) is 10.8. The summed E-state index contributed by atoms with van der Waals surface area (Å²) in [5.41, 5.74) is -0.494. The number of Topliss-reactive ketones (excluding diaryl/α,β-unsaturated/α-hetero) is 1. The standard InChI is InChI=1S/C21H18ClF3N2O5/c1-12(28)13-3-2-4-15(9-13)26-18(29)7-8-20(31)32-11-19(30)27-17-10-14(21(23,24)25)5-6-16(17)22/h2-6,9-10H,7-8,11H2,1H3,(H,26,29)(H,27,30). The van der Waals surface area contributed by atoms with Crippen LogP contribution in [0.4, 0.5) is 24.5 Å². The Kier molecular flexibility index (Phi) is 8.36. The van der Waals surface area contributed by atoms with Crippen molar-refractivity contribution in [2.24, 2.45) is 0 Å². The molecule has 0 spiro atoms. The molecule has 0 aliphatic rings. The summed E-state index contributed by atoms with van der Waals surface area (Å²) in [6.45, 7) is 0.613. The molecule has 0 heterocycles. The van der Waals surface area contributed by atoms with Gasteiger partial charge in [0.05, 0.1) is 22.7 Å². The van der Waals surface area contributed by atoms with Gasteiger partial charge in [0.1, 0.15) is 0 Å². The Bertz CT molecular complexity index is 1040. The van der Waals surface area contributed by atoms with Gasteiger partial charge in [-0.05, 0) is 37.3 Å². The van der Waals surface area contributed by atoms with Crippen molar-refractivity contribution >= 4 is 46.5 Å². The van der Waals surface area contributed by atoms with Crippen LogP contribution in [0.2, 0.25) is 5.02 Å². The fraction of sp³-hybridized carbons (Fsp3) is 0.238. The lowest BCUT2D eigenvalue weighted by atomic mass is 10.1. The normalized spacial score (nSPS) is 10.9. The zero-order chi connectivity index (χ0) is 23.9. The fourth-order valence-electron chi connectivity index (χ4n) is 2.46. The topological polar surface area (TPSA) is 102 Å². The number of ketones is 1. The Morgan fingerprint density at radius 3 is 2.34 bits per heavy atom. The number of rotatable bonds is 8. The quantitative estimate of drug-likeness (QED) is 0.438. The van der Waals surface area contributed by atoms with Gasteiger partial charge in [0, 0.05) is 17.7 Å². The Labute approximate surface area is 185 Å². The molecule has 0 aliphatic carbocycles. The second-order valence-corrected chi connectivity index (χ2v) is 6.99. The van der Waals surface area contributed by atoms with E-state index in [9.17, 15) is 32.3 Å². The average molecular weight is 471 g/mol. The summed E-state index contributed by atoms with van der Waals surface area (Å²) >= 11 is 5.78. The molecule has 2 rings (SSSR count). The number of carbonyl (C=O) groups is 4. The van der Waals surface area contributed by atoms with E-state index in [4.69, 9.17) is 16.3 Å². The Hall–Kier alpha value is -3.40. The van der Waals surface area contributed by atoms with Gasteiger partial charge in [-0.1, -0.05) is 23.7 Å². The number of carbonyl (C=O) groups excluding carboxylic acids is 4. The minimum atomic E-state index is -4.62. The highest BCUT2D eigenvalue weighted by Gasteiger charge is 2.31. The van der Waals surface area contributed by atoms with Crippen molar-refractivity contribution in [1.82, 2.24) is 0 Å². The van der Waals surface area contributed by atoms with Crippen LogP contribution in [-0.4, -0.2) is 30.2 Å². The first kappa shape index (κ1) is 24.9. The molecule has 170 valence electrons. The van der Waals surface area contributed by atoms with Gasteiger partial charge in [-0.15, -0.1) is 0 Å². The summed E-state index contributed by atoms with van der Waals surface area (Å²) in [5.74, 6) is -2.44. The number of hydrogen-bond donors (Lipinski definition) is 2. The van der Waals surface area contributed by atoms with Crippen molar-refractivity contribution in [3.05, 3.63) is 58.6 Å². The van der Waals surface area contributed by atoms with Crippen LogP contribution in [-0.2, 0) is 25.3 Å².